The molecule has 2 aromatic carbocycles. The second kappa shape index (κ2) is 9.43. The van der Waals surface area contributed by atoms with E-state index in [9.17, 15) is 4.79 Å². The van der Waals surface area contributed by atoms with Gasteiger partial charge in [-0.1, -0.05) is 29.3 Å². The van der Waals surface area contributed by atoms with E-state index in [1.165, 1.54) is 11.1 Å². The zero-order valence-corrected chi connectivity index (χ0v) is 20.1. The Labute approximate surface area is 194 Å². The molecule has 0 amide bonds. The van der Waals surface area contributed by atoms with Crippen LogP contribution in [0.3, 0.4) is 0 Å². The van der Waals surface area contributed by atoms with Crippen LogP contribution in [0.2, 0.25) is 0 Å². The Morgan fingerprint density at radius 1 is 1.12 bits per heavy atom. The van der Waals surface area contributed by atoms with Crippen molar-refractivity contribution in [3.63, 3.8) is 0 Å². The van der Waals surface area contributed by atoms with Crippen molar-refractivity contribution in [2.24, 2.45) is 0 Å². The summed E-state index contributed by atoms with van der Waals surface area (Å²) in [6.45, 7) is 10.1. The summed E-state index contributed by atoms with van der Waals surface area (Å²) in [5, 5.41) is 5.04. The number of rotatable bonds is 5. The Hall–Kier alpha value is -2.70. The summed E-state index contributed by atoms with van der Waals surface area (Å²) in [6, 6.07) is 12.4. The molecule has 32 heavy (non-hydrogen) atoms. The van der Waals surface area contributed by atoms with E-state index < -0.39 is 0 Å². The number of anilines is 1. The molecule has 168 valence electrons. The predicted molar refractivity (Wildman–Crippen MR) is 136 cm³/mol. The highest BCUT2D eigenvalue weighted by Crippen LogP contribution is 2.21. The monoisotopic (exact) mass is 449 g/mol. The molecule has 5 nitrogen and oxygen atoms in total. The van der Waals surface area contributed by atoms with Gasteiger partial charge in [0.25, 0.3) is 5.56 Å². The molecular weight excluding hydrogens is 418 g/mol. The first-order chi connectivity index (χ1) is 15.3. The molecule has 2 heterocycles. The van der Waals surface area contributed by atoms with Gasteiger partial charge in [-0.15, -0.1) is 0 Å². The van der Waals surface area contributed by atoms with E-state index in [-0.39, 0.29) is 11.7 Å². The standard InChI is InChI=1S/C26H31N3O2S/c1-16-7-8-23(18(3)10-16)27-26(32)29(15-22-6-5-9-31-22)14-21-13-20-12-17(2)11-19(4)24(20)28-25(21)30/h7-8,10-13,22H,5-6,9,14-15H2,1-4H3,(H,27,32)(H,28,30)/t22-/m0/s1. The number of H-pyrrole nitrogens is 1. The maximum Gasteiger partial charge on any atom is 0.253 e. The van der Waals surface area contributed by atoms with Crippen LogP contribution in [0.15, 0.2) is 41.2 Å². The Bertz CT molecular complexity index is 1210. The van der Waals surface area contributed by atoms with Gasteiger partial charge in [0.15, 0.2) is 5.11 Å². The summed E-state index contributed by atoms with van der Waals surface area (Å²) >= 11 is 5.81. The second-order valence-corrected chi connectivity index (χ2v) is 9.32. The number of fused-ring (bicyclic) bond motifs is 1. The van der Waals surface area contributed by atoms with Gasteiger partial charge in [-0.3, -0.25) is 4.79 Å². The van der Waals surface area contributed by atoms with E-state index in [1.54, 1.807) is 0 Å². The fourth-order valence-electron chi connectivity index (χ4n) is 4.46. The SMILES string of the molecule is Cc1ccc(NC(=S)N(Cc2cc3cc(C)cc(C)c3[nH]c2=O)C[C@@H]2CCCO2)c(C)c1. The number of hydrogen-bond donors (Lipinski definition) is 2. The Morgan fingerprint density at radius 2 is 1.91 bits per heavy atom. The number of aromatic nitrogens is 1. The van der Waals surface area contributed by atoms with Crippen molar-refractivity contribution >= 4 is 33.9 Å². The van der Waals surface area contributed by atoms with Crippen LogP contribution in [0.25, 0.3) is 10.9 Å². The molecule has 6 heteroatoms. The van der Waals surface area contributed by atoms with Crippen molar-refractivity contribution in [1.82, 2.24) is 9.88 Å². The summed E-state index contributed by atoms with van der Waals surface area (Å²) in [5.74, 6) is 0. The van der Waals surface area contributed by atoms with Gasteiger partial charge in [-0.2, -0.15) is 0 Å². The first kappa shape index (κ1) is 22.5. The predicted octanol–water partition coefficient (Wildman–Crippen LogP) is 5.14. The van der Waals surface area contributed by atoms with Gasteiger partial charge < -0.3 is 19.9 Å². The normalized spacial score (nSPS) is 15.8. The quantitative estimate of drug-likeness (QED) is 0.528. The van der Waals surface area contributed by atoms with Gasteiger partial charge in [-0.05, 0) is 87.5 Å². The van der Waals surface area contributed by atoms with Crippen molar-refractivity contribution in [2.45, 2.75) is 53.2 Å². The van der Waals surface area contributed by atoms with Gasteiger partial charge in [-0.25, -0.2) is 0 Å². The molecule has 0 unspecified atom stereocenters. The van der Waals surface area contributed by atoms with Gasteiger partial charge in [0.05, 0.1) is 18.2 Å². The minimum absolute atomic E-state index is 0.0730. The maximum atomic E-state index is 12.9. The fourth-order valence-corrected chi connectivity index (χ4v) is 4.71. The molecule has 1 aromatic heterocycles. The number of ether oxygens (including phenoxy) is 1. The lowest BCUT2D eigenvalue weighted by molar-refractivity contribution is 0.0904. The van der Waals surface area contributed by atoms with Crippen LogP contribution in [0.5, 0.6) is 0 Å². The summed E-state index contributed by atoms with van der Waals surface area (Å²) in [5.41, 5.74) is 7.11. The van der Waals surface area contributed by atoms with E-state index in [1.807, 2.05) is 13.0 Å². The highest BCUT2D eigenvalue weighted by atomic mass is 32.1. The fraction of sp³-hybridized carbons (Fsp3) is 0.385. The number of benzene rings is 2. The van der Waals surface area contributed by atoms with E-state index in [0.717, 1.165) is 47.2 Å². The number of nitrogens with zero attached hydrogens (tertiary/aromatic N) is 1. The molecule has 0 aliphatic carbocycles. The maximum absolute atomic E-state index is 12.9. The molecule has 2 N–H and O–H groups in total. The lowest BCUT2D eigenvalue weighted by Gasteiger charge is -2.28. The van der Waals surface area contributed by atoms with Crippen LogP contribution in [0.1, 0.15) is 40.7 Å². The Morgan fingerprint density at radius 3 is 2.62 bits per heavy atom. The third-order valence-corrected chi connectivity index (χ3v) is 6.45. The highest BCUT2D eigenvalue weighted by Gasteiger charge is 2.22. The largest absolute Gasteiger partial charge is 0.376 e. The van der Waals surface area contributed by atoms with Crippen molar-refractivity contribution in [1.29, 1.82) is 0 Å². The number of hydrogen-bond acceptors (Lipinski definition) is 3. The van der Waals surface area contributed by atoms with E-state index in [4.69, 9.17) is 17.0 Å². The van der Waals surface area contributed by atoms with Crippen LogP contribution in [0.4, 0.5) is 5.69 Å². The summed E-state index contributed by atoms with van der Waals surface area (Å²) in [7, 11) is 0. The average molecular weight is 450 g/mol. The van der Waals surface area contributed by atoms with E-state index in [0.29, 0.717) is 23.8 Å². The molecule has 0 saturated carbocycles. The lowest BCUT2D eigenvalue weighted by Crippen LogP contribution is -2.40. The molecule has 1 atom stereocenters. The van der Waals surface area contributed by atoms with Gasteiger partial charge >= 0.3 is 0 Å². The van der Waals surface area contributed by atoms with E-state index >= 15 is 0 Å². The number of nitrogens with one attached hydrogen (secondary N) is 2. The van der Waals surface area contributed by atoms with Crippen LogP contribution < -0.4 is 10.9 Å². The minimum Gasteiger partial charge on any atom is -0.376 e. The van der Waals surface area contributed by atoms with Crippen LogP contribution >= 0.6 is 12.2 Å². The Balaban J connectivity index is 1.63. The first-order valence-electron chi connectivity index (χ1n) is 11.2. The highest BCUT2D eigenvalue weighted by molar-refractivity contribution is 7.80. The molecule has 0 spiro atoms. The van der Waals surface area contributed by atoms with Crippen molar-refractivity contribution in [2.75, 3.05) is 18.5 Å². The average Bonchev–Trinajstić information content (AvgIpc) is 3.24. The van der Waals surface area contributed by atoms with Crippen molar-refractivity contribution in [3.05, 3.63) is 74.6 Å². The smallest absolute Gasteiger partial charge is 0.253 e. The number of aryl methyl sites for hydroxylation is 4. The zero-order chi connectivity index (χ0) is 22.8. The second-order valence-electron chi connectivity index (χ2n) is 8.93. The molecule has 0 radical (unpaired) electrons. The molecule has 1 aliphatic rings. The molecule has 3 aromatic rings. The van der Waals surface area contributed by atoms with E-state index in [2.05, 4.69) is 66.3 Å². The summed E-state index contributed by atoms with van der Waals surface area (Å²) in [4.78, 5) is 18.1. The molecule has 0 bridgehead atoms. The topological polar surface area (TPSA) is 57.4 Å². The van der Waals surface area contributed by atoms with Crippen LogP contribution in [0, 0.1) is 27.7 Å². The van der Waals surface area contributed by atoms with Crippen molar-refractivity contribution in [3.8, 4) is 0 Å². The van der Waals surface area contributed by atoms with Gasteiger partial charge in [0, 0.05) is 24.4 Å². The molecule has 1 aliphatic heterocycles. The van der Waals surface area contributed by atoms with Crippen LogP contribution in [-0.2, 0) is 11.3 Å². The molecule has 4 rings (SSSR count). The van der Waals surface area contributed by atoms with Crippen LogP contribution in [-0.4, -0.2) is 34.3 Å². The number of pyridine rings is 1. The lowest BCUT2D eigenvalue weighted by atomic mass is 10.1. The zero-order valence-electron chi connectivity index (χ0n) is 19.2. The Kier molecular flexibility index (Phi) is 6.63. The third kappa shape index (κ3) is 5.03. The summed E-state index contributed by atoms with van der Waals surface area (Å²) in [6.07, 6.45) is 2.19. The van der Waals surface area contributed by atoms with Crippen molar-refractivity contribution < 1.29 is 4.74 Å². The first-order valence-corrected chi connectivity index (χ1v) is 11.6. The number of aromatic amines is 1. The number of thiocarbonyl (C=S) groups is 1. The van der Waals surface area contributed by atoms with Gasteiger partial charge in [0.2, 0.25) is 0 Å². The molecular formula is C26H31N3O2S. The molecule has 1 fully saturated rings. The molecule has 1 saturated heterocycles. The summed E-state index contributed by atoms with van der Waals surface area (Å²) < 4.78 is 5.88. The van der Waals surface area contributed by atoms with Gasteiger partial charge in [0.1, 0.15) is 0 Å². The third-order valence-electron chi connectivity index (χ3n) is 6.09. The minimum atomic E-state index is -0.0730.